The van der Waals surface area contributed by atoms with Crippen LogP contribution >= 0.6 is 32.9 Å². The van der Waals surface area contributed by atoms with Gasteiger partial charge in [0.2, 0.25) is 0 Å². The van der Waals surface area contributed by atoms with Gasteiger partial charge in [-0.05, 0) is 20.3 Å². The lowest BCUT2D eigenvalue weighted by atomic mass is 10.5. The molecule has 0 aromatic heterocycles. The molecule has 0 rings (SSSR count). The van der Waals surface area contributed by atoms with E-state index >= 15 is 0 Å². The third-order valence-corrected chi connectivity index (χ3v) is 6.17. The fraction of sp³-hybridized carbons (Fsp3) is 1.00. The second kappa shape index (κ2) is 8.13. The summed E-state index contributed by atoms with van der Waals surface area (Å²) in [6, 6.07) is 0. The molecule has 0 saturated carbocycles. The average molecular weight is 306 g/mol. The van der Waals surface area contributed by atoms with E-state index in [4.69, 9.17) is 9.05 Å². The van der Waals surface area contributed by atoms with E-state index in [1.54, 1.807) is 17.9 Å². The van der Waals surface area contributed by atoms with Gasteiger partial charge in [0.05, 0.1) is 13.2 Å². The number of halogens is 1. The smallest absolute Gasteiger partial charge is 0.296 e. The van der Waals surface area contributed by atoms with Crippen LogP contribution in [-0.2, 0) is 13.6 Å². The molecule has 0 aliphatic carbocycles. The van der Waals surface area contributed by atoms with E-state index in [2.05, 4.69) is 14.8 Å². The molecule has 0 aliphatic heterocycles. The quantitative estimate of drug-likeness (QED) is 0.503. The molecule has 0 bridgehead atoms. The van der Waals surface area contributed by atoms with Crippen molar-refractivity contribution < 1.29 is 13.6 Å². The van der Waals surface area contributed by atoms with Crippen LogP contribution in [0.5, 0.6) is 0 Å². The molecule has 0 unspecified atom stereocenters. The van der Waals surface area contributed by atoms with Crippen molar-refractivity contribution >= 4 is 32.9 Å². The molecule has 0 N–H and O–H groups in total. The molecular weight excluding hydrogens is 289 g/mol. The summed E-state index contributed by atoms with van der Waals surface area (Å²) in [6.45, 7) is 7.03. The van der Waals surface area contributed by atoms with Crippen LogP contribution in [0.25, 0.3) is 0 Å². The number of nitrogens with zero attached hydrogens (tertiary/aromatic N) is 1. The predicted molar refractivity (Wildman–Crippen MR) is 64.4 cm³/mol. The average Bonchev–Trinajstić information content (AvgIpc) is 2.14. The minimum absolute atomic E-state index is 0.380. The predicted octanol–water partition coefficient (Wildman–Crippen LogP) is 3.84. The van der Waals surface area contributed by atoms with Crippen LogP contribution in [-0.4, -0.2) is 23.8 Å². The Morgan fingerprint density at radius 3 is 2.07 bits per heavy atom. The molecular formula is C7H17BrNO3PS. The van der Waals surface area contributed by atoms with Gasteiger partial charge in [-0.2, -0.15) is 0 Å². The maximum atomic E-state index is 12.2. The Morgan fingerprint density at radius 1 is 1.29 bits per heavy atom. The van der Waals surface area contributed by atoms with Gasteiger partial charge in [0.25, 0.3) is 0 Å². The summed E-state index contributed by atoms with van der Waals surface area (Å²) in [5.74, 6) is 0. The second-order valence-corrected chi connectivity index (χ2v) is 6.10. The monoisotopic (exact) mass is 305 g/mol. The van der Waals surface area contributed by atoms with E-state index in [0.717, 1.165) is 6.42 Å². The summed E-state index contributed by atoms with van der Waals surface area (Å²) in [4.78, 5) is 0. The van der Waals surface area contributed by atoms with Crippen LogP contribution in [0, 0.1) is 0 Å². The zero-order valence-electron chi connectivity index (χ0n) is 8.73. The van der Waals surface area contributed by atoms with Gasteiger partial charge in [-0.25, -0.2) is 4.57 Å². The molecule has 7 heteroatoms. The molecule has 0 aromatic rings. The van der Waals surface area contributed by atoms with E-state index in [1.807, 2.05) is 6.92 Å². The molecule has 0 radical (unpaired) electrons. The molecule has 0 amide bonds. The minimum Gasteiger partial charge on any atom is -0.296 e. The van der Waals surface area contributed by atoms with E-state index < -0.39 is 7.75 Å². The third kappa shape index (κ3) is 4.64. The first-order valence-electron chi connectivity index (χ1n) is 4.60. The van der Waals surface area contributed by atoms with E-state index in [-0.39, 0.29) is 0 Å². The molecule has 0 fully saturated rings. The number of hydrogen-bond acceptors (Lipinski definition) is 4. The van der Waals surface area contributed by atoms with Crippen molar-refractivity contribution in [1.29, 1.82) is 0 Å². The Balaban J connectivity index is 4.48. The lowest BCUT2D eigenvalue weighted by Crippen LogP contribution is -2.16. The first-order chi connectivity index (χ1) is 6.64. The SMILES string of the molecule is CCCN(SBr)P(=O)(OCC)OCC. The van der Waals surface area contributed by atoms with Gasteiger partial charge in [0.1, 0.15) is 0 Å². The normalized spacial score (nSPS) is 12.4. The molecule has 4 nitrogen and oxygen atoms in total. The standard InChI is InChI=1S/C7H17BrNO3PS/c1-4-7-9(14-8)13(10,11-5-2)12-6-3/h4-7H2,1-3H3. The Kier molecular flexibility index (Phi) is 8.68. The Bertz CT molecular complexity index is 186. The lowest BCUT2D eigenvalue weighted by molar-refractivity contribution is 0.194. The number of hydrogen-bond donors (Lipinski definition) is 0. The van der Waals surface area contributed by atoms with Gasteiger partial charge in [-0.1, -0.05) is 6.92 Å². The number of rotatable bonds is 8. The van der Waals surface area contributed by atoms with Gasteiger partial charge >= 0.3 is 7.75 Å². The van der Waals surface area contributed by atoms with Gasteiger partial charge in [-0.15, -0.1) is 4.08 Å². The van der Waals surface area contributed by atoms with Gasteiger partial charge in [0.15, 0.2) is 0 Å². The largest absolute Gasteiger partial charge is 0.418 e. The van der Waals surface area contributed by atoms with Gasteiger partial charge < -0.3 is 0 Å². The summed E-state index contributed by atoms with van der Waals surface area (Å²) in [5, 5.41) is 0. The summed E-state index contributed by atoms with van der Waals surface area (Å²) >= 11 is 3.20. The van der Waals surface area contributed by atoms with Gasteiger partial charge in [-0.3, -0.25) is 9.05 Å². The zero-order valence-corrected chi connectivity index (χ0v) is 12.0. The highest BCUT2D eigenvalue weighted by Gasteiger charge is 2.32. The summed E-state index contributed by atoms with van der Waals surface area (Å²) in [6.07, 6.45) is 0.892. The third-order valence-electron chi connectivity index (χ3n) is 1.35. The second-order valence-electron chi connectivity index (χ2n) is 2.45. The highest BCUT2D eigenvalue weighted by atomic mass is 79.9. The highest BCUT2D eigenvalue weighted by molar-refractivity contribution is 9.49. The Labute approximate surface area is 97.6 Å². The molecule has 0 atom stereocenters. The Morgan fingerprint density at radius 2 is 1.79 bits per heavy atom. The molecule has 0 aromatic carbocycles. The Hall–Kier alpha value is 0.940. The van der Waals surface area contributed by atoms with Crippen molar-refractivity contribution in [3.05, 3.63) is 0 Å². The van der Waals surface area contributed by atoms with Gasteiger partial charge in [0, 0.05) is 31.7 Å². The highest BCUT2D eigenvalue weighted by Crippen LogP contribution is 2.56. The summed E-state index contributed by atoms with van der Waals surface area (Å²) in [5.41, 5.74) is 0. The van der Waals surface area contributed by atoms with Crippen molar-refractivity contribution in [2.75, 3.05) is 19.8 Å². The van der Waals surface area contributed by atoms with Crippen molar-refractivity contribution in [2.24, 2.45) is 0 Å². The molecule has 0 saturated heterocycles. The zero-order chi connectivity index (χ0) is 11.0. The van der Waals surface area contributed by atoms with Crippen LogP contribution in [0.3, 0.4) is 0 Å². The first kappa shape index (κ1) is 14.9. The lowest BCUT2D eigenvalue weighted by Gasteiger charge is -2.25. The fourth-order valence-electron chi connectivity index (χ4n) is 0.878. The van der Waals surface area contributed by atoms with Crippen LogP contribution in [0.15, 0.2) is 0 Å². The first-order valence-corrected chi connectivity index (χ1v) is 8.71. The van der Waals surface area contributed by atoms with Crippen molar-refractivity contribution in [1.82, 2.24) is 4.08 Å². The summed E-state index contributed by atoms with van der Waals surface area (Å²) in [7, 11) is -1.88. The molecule has 14 heavy (non-hydrogen) atoms. The van der Waals surface area contributed by atoms with E-state index in [0.29, 0.717) is 19.8 Å². The van der Waals surface area contributed by atoms with E-state index in [9.17, 15) is 4.57 Å². The topological polar surface area (TPSA) is 38.8 Å². The van der Waals surface area contributed by atoms with E-state index in [1.165, 1.54) is 10.4 Å². The maximum absolute atomic E-state index is 12.2. The van der Waals surface area contributed by atoms with Crippen molar-refractivity contribution in [3.63, 3.8) is 0 Å². The van der Waals surface area contributed by atoms with Crippen LogP contribution < -0.4 is 0 Å². The van der Waals surface area contributed by atoms with Crippen LogP contribution in [0.4, 0.5) is 0 Å². The molecule has 86 valence electrons. The van der Waals surface area contributed by atoms with Crippen LogP contribution in [0.2, 0.25) is 0 Å². The summed E-state index contributed by atoms with van der Waals surface area (Å²) < 4.78 is 24.1. The fourth-order valence-corrected chi connectivity index (χ4v) is 5.01. The minimum atomic E-state index is -3.10. The molecule has 0 spiro atoms. The maximum Gasteiger partial charge on any atom is 0.418 e. The van der Waals surface area contributed by atoms with Crippen molar-refractivity contribution in [3.8, 4) is 0 Å². The van der Waals surface area contributed by atoms with Crippen LogP contribution in [0.1, 0.15) is 27.2 Å². The molecule has 0 heterocycles. The van der Waals surface area contributed by atoms with Crippen molar-refractivity contribution in [2.45, 2.75) is 27.2 Å². The molecule has 0 aliphatic rings.